The highest BCUT2D eigenvalue weighted by molar-refractivity contribution is 7.80. The van der Waals surface area contributed by atoms with Crippen LogP contribution in [-0.4, -0.2) is 17.9 Å². The van der Waals surface area contributed by atoms with Gasteiger partial charge in [-0.05, 0) is 72.7 Å². The van der Waals surface area contributed by atoms with Gasteiger partial charge in [-0.25, -0.2) is 0 Å². The van der Waals surface area contributed by atoms with E-state index in [1.165, 1.54) is 0 Å². The minimum Gasteiger partial charge on any atom is -0.490 e. The molecule has 0 spiro atoms. The normalized spacial score (nSPS) is 10.6. The summed E-state index contributed by atoms with van der Waals surface area (Å²) in [6.45, 7) is 2.85. The van der Waals surface area contributed by atoms with Gasteiger partial charge in [-0.3, -0.25) is 5.43 Å². The molecular formula is C23H22ClN3O2S. The minimum atomic E-state index is 0.398. The van der Waals surface area contributed by atoms with Crippen molar-refractivity contribution in [3.8, 4) is 11.5 Å². The van der Waals surface area contributed by atoms with Gasteiger partial charge < -0.3 is 14.8 Å². The van der Waals surface area contributed by atoms with Gasteiger partial charge in [0.2, 0.25) is 0 Å². The summed E-state index contributed by atoms with van der Waals surface area (Å²) in [5.41, 5.74) is 5.53. The summed E-state index contributed by atoms with van der Waals surface area (Å²) in [5.74, 6) is 1.30. The number of hydrazone groups is 1. The van der Waals surface area contributed by atoms with Gasteiger partial charge in [0.15, 0.2) is 16.6 Å². The molecule has 3 rings (SSSR count). The zero-order chi connectivity index (χ0) is 21.2. The Bertz CT molecular complexity index is 1010. The molecule has 0 atom stereocenters. The average Bonchev–Trinajstić information content (AvgIpc) is 2.74. The standard InChI is InChI=1S/C23H22ClN3O2S/c1-2-28-22-14-17(15-25-27-23(30)26-20-9-4-3-5-10-20)11-12-21(22)29-16-18-7-6-8-19(24)13-18/h3-15H,2,16H2,1H3,(H2,26,27,30). The molecule has 0 heterocycles. The molecule has 3 aromatic carbocycles. The Morgan fingerprint density at radius 1 is 1.00 bits per heavy atom. The van der Waals surface area contributed by atoms with Crippen molar-refractivity contribution in [3.63, 3.8) is 0 Å². The first kappa shape index (κ1) is 21.6. The number of ether oxygens (including phenoxy) is 2. The molecule has 0 aliphatic carbocycles. The molecule has 0 fully saturated rings. The molecule has 0 radical (unpaired) electrons. The zero-order valence-corrected chi connectivity index (χ0v) is 18.0. The molecule has 0 unspecified atom stereocenters. The molecule has 0 saturated carbocycles. The summed E-state index contributed by atoms with van der Waals surface area (Å²) < 4.78 is 11.6. The fourth-order valence-electron chi connectivity index (χ4n) is 2.63. The van der Waals surface area contributed by atoms with Gasteiger partial charge in [-0.15, -0.1) is 0 Å². The van der Waals surface area contributed by atoms with Gasteiger partial charge in [0.25, 0.3) is 0 Å². The molecule has 0 aliphatic rings. The summed E-state index contributed by atoms with van der Waals surface area (Å²) in [6.07, 6.45) is 1.67. The molecule has 0 aromatic heterocycles. The number of nitrogens with zero attached hydrogens (tertiary/aromatic N) is 1. The first-order valence-electron chi connectivity index (χ1n) is 9.43. The van der Waals surface area contributed by atoms with Crippen LogP contribution in [0.5, 0.6) is 11.5 Å². The lowest BCUT2D eigenvalue weighted by molar-refractivity contribution is 0.269. The number of rotatable bonds is 8. The van der Waals surface area contributed by atoms with E-state index in [2.05, 4.69) is 15.8 Å². The largest absolute Gasteiger partial charge is 0.490 e. The Kier molecular flexibility index (Phi) is 8.06. The summed E-state index contributed by atoms with van der Waals surface area (Å²) in [6, 6.07) is 22.8. The Balaban J connectivity index is 1.60. The van der Waals surface area contributed by atoms with Gasteiger partial charge in [0.05, 0.1) is 12.8 Å². The van der Waals surface area contributed by atoms with Crippen molar-refractivity contribution in [1.82, 2.24) is 5.43 Å². The van der Waals surface area contributed by atoms with Crippen molar-refractivity contribution in [3.05, 3.63) is 88.9 Å². The SMILES string of the molecule is CCOc1cc(C=NNC(=S)Nc2ccccc2)ccc1OCc1cccc(Cl)c1. The Morgan fingerprint density at radius 3 is 2.60 bits per heavy atom. The molecule has 0 bridgehead atoms. The fraction of sp³-hybridized carbons (Fsp3) is 0.130. The lowest BCUT2D eigenvalue weighted by Crippen LogP contribution is -2.23. The van der Waals surface area contributed by atoms with E-state index in [-0.39, 0.29) is 0 Å². The van der Waals surface area contributed by atoms with Crippen molar-refractivity contribution in [2.75, 3.05) is 11.9 Å². The maximum atomic E-state index is 6.03. The smallest absolute Gasteiger partial charge is 0.191 e. The topological polar surface area (TPSA) is 54.9 Å². The van der Waals surface area contributed by atoms with E-state index in [1.54, 1.807) is 6.21 Å². The third-order valence-electron chi connectivity index (χ3n) is 3.96. The minimum absolute atomic E-state index is 0.398. The van der Waals surface area contributed by atoms with Gasteiger partial charge in [-0.1, -0.05) is 41.9 Å². The Morgan fingerprint density at radius 2 is 1.83 bits per heavy atom. The fourth-order valence-corrected chi connectivity index (χ4v) is 3.01. The van der Waals surface area contributed by atoms with Gasteiger partial charge in [-0.2, -0.15) is 5.10 Å². The molecule has 0 saturated heterocycles. The van der Waals surface area contributed by atoms with Crippen molar-refractivity contribution in [2.24, 2.45) is 5.10 Å². The predicted molar refractivity (Wildman–Crippen MR) is 127 cm³/mol. The summed E-state index contributed by atoms with van der Waals surface area (Å²) >= 11 is 11.3. The maximum absolute atomic E-state index is 6.03. The Labute approximate surface area is 186 Å². The number of hydrogen-bond acceptors (Lipinski definition) is 4. The summed E-state index contributed by atoms with van der Waals surface area (Å²) in [7, 11) is 0. The monoisotopic (exact) mass is 439 g/mol. The van der Waals surface area contributed by atoms with Gasteiger partial charge >= 0.3 is 0 Å². The van der Waals surface area contributed by atoms with E-state index in [9.17, 15) is 0 Å². The predicted octanol–water partition coefficient (Wildman–Crippen LogP) is 5.64. The van der Waals surface area contributed by atoms with Crippen LogP contribution >= 0.6 is 23.8 Å². The number of benzene rings is 3. The van der Waals surface area contributed by atoms with Crippen molar-refractivity contribution in [1.29, 1.82) is 0 Å². The van der Waals surface area contributed by atoms with Crippen LogP contribution in [0.2, 0.25) is 5.02 Å². The third-order valence-corrected chi connectivity index (χ3v) is 4.39. The highest BCUT2D eigenvalue weighted by Crippen LogP contribution is 2.29. The van der Waals surface area contributed by atoms with E-state index in [1.807, 2.05) is 79.7 Å². The molecular weight excluding hydrogens is 418 g/mol. The van der Waals surface area contributed by atoms with E-state index in [4.69, 9.17) is 33.3 Å². The van der Waals surface area contributed by atoms with E-state index >= 15 is 0 Å². The molecule has 7 heteroatoms. The van der Waals surface area contributed by atoms with Crippen LogP contribution in [0.3, 0.4) is 0 Å². The lowest BCUT2D eigenvalue weighted by atomic mass is 10.2. The number of hydrogen-bond donors (Lipinski definition) is 2. The number of para-hydroxylation sites is 1. The molecule has 30 heavy (non-hydrogen) atoms. The van der Waals surface area contributed by atoms with Crippen LogP contribution in [0.25, 0.3) is 0 Å². The molecule has 0 amide bonds. The second-order valence-electron chi connectivity index (χ2n) is 6.25. The lowest BCUT2D eigenvalue weighted by Gasteiger charge is -2.13. The maximum Gasteiger partial charge on any atom is 0.191 e. The zero-order valence-electron chi connectivity index (χ0n) is 16.5. The van der Waals surface area contributed by atoms with E-state index < -0.39 is 0 Å². The van der Waals surface area contributed by atoms with Crippen LogP contribution in [0, 0.1) is 0 Å². The Hall–Kier alpha value is -3.09. The average molecular weight is 440 g/mol. The highest BCUT2D eigenvalue weighted by atomic mass is 35.5. The van der Waals surface area contributed by atoms with Crippen LogP contribution in [0.4, 0.5) is 5.69 Å². The molecule has 2 N–H and O–H groups in total. The first-order chi connectivity index (χ1) is 14.6. The molecule has 154 valence electrons. The second kappa shape index (κ2) is 11.2. The van der Waals surface area contributed by atoms with Gasteiger partial charge in [0.1, 0.15) is 6.61 Å². The van der Waals surface area contributed by atoms with Crippen molar-refractivity contribution in [2.45, 2.75) is 13.5 Å². The molecule has 5 nitrogen and oxygen atoms in total. The van der Waals surface area contributed by atoms with Crippen LogP contribution in [0.15, 0.2) is 77.9 Å². The number of anilines is 1. The number of nitrogens with one attached hydrogen (secondary N) is 2. The number of thiocarbonyl (C=S) groups is 1. The quantitative estimate of drug-likeness (QED) is 0.270. The van der Waals surface area contributed by atoms with Gasteiger partial charge in [0, 0.05) is 10.7 Å². The van der Waals surface area contributed by atoms with Crippen LogP contribution < -0.4 is 20.2 Å². The number of halogens is 1. The summed E-state index contributed by atoms with van der Waals surface area (Å²) in [5, 5.41) is 8.33. The molecule has 3 aromatic rings. The van der Waals surface area contributed by atoms with Crippen LogP contribution in [-0.2, 0) is 6.61 Å². The second-order valence-corrected chi connectivity index (χ2v) is 7.09. The highest BCUT2D eigenvalue weighted by Gasteiger charge is 2.07. The van der Waals surface area contributed by atoms with E-state index in [0.29, 0.717) is 34.8 Å². The van der Waals surface area contributed by atoms with E-state index in [0.717, 1.165) is 16.8 Å². The van der Waals surface area contributed by atoms with Crippen LogP contribution in [0.1, 0.15) is 18.1 Å². The van der Waals surface area contributed by atoms with Crippen molar-refractivity contribution < 1.29 is 9.47 Å². The molecule has 0 aliphatic heterocycles. The summed E-state index contributed by atoms with van der Waals surface area (Å²) in [4.78, 5) is 0. The van der Waals surface area contributed by atoms with Crippen molar-refractivity contribution >= 4 is 40.8 Å². The first-order valence-corrected chi connectivity index (χ1v) is 10.2. The third kappa shape index (κ3) is 6.76.